The molecule has 0 saturated carbocycles. The van der Waals surface area contributed by atoms with Crippen LogP contribution in [0.3, 0.4) is 0 Å². The number of benzene rings is 2. The number of amides is 1. The van der Waals surface area contributed by atoms with Crippen molar-refractivity contribution in [2.75, 3.05) is 38.5 Å². The first kappa shape index (κ1) is 26.2. The minimum atomic E-state index is -4.47. The molecule has 34 heavy (non-hydrogen) atoms. The first-order valence-corrected chi connectivity index (χ1v) is 12.2. The zero-order valence-electron chi connectivity index (χ0n) is 20.4. The van der Waals surface area contributed by atoms with E-state index in [0.29, 0.717) is 12.3 Å². The molecule has 4 nitrogen and oxygen atoms in total. The van der Waals surface area contributed by atoms with E-state index >= 15 is 0 Å². The van der Waals surface area contributed by atoms with Gasteiger partial charge < -0.3 is 10.2 Å². The van der Waals surface area contributed by atoms with E-state index in [2.05, 4.69) is 36.2 Å². The molecule has 1 aliphatic heterocycles. The van der Waals surface area contributed by atoms with Crippen molar-refractivity contribution in [1.82, 2.24) is 9.80 Å². The number of carbonyl (C=O) groups is 1. The molecule has 0 bridgehead atoms. The van der Waals surface area contributed by atoms with Crippen molar-refractivity contribution in [3.8, 4) is 0 Å². The Morgan fingerprint density at radius 3 is 2.35 bits per heavy atom. The number of alkyl halides is 3. The van der Waals surface area contributed by atoms with E-state index in [4.69, 9.17) is 0 Å². The van der Waals surface area contributed by atoms with E-state index in [1.54, 1.807) is 6.07 Å². The first-order chi connectivity index (χ1) is 16.2. The zero-order valence-corrected chi connectivity index (χ0v) is 20.4. The molecule has 1 unspecified atom stereocenters. The fourth-order valence-corrected chi connectivity index (χ4v) is 4.40. The monoisotopic (exact) mass is 475 g/mol. The van der Waals surface area contributed by atoms with Crippen molar-refractivity contribution in [3.05, 3.63) is 64.7 Å². The van der Waals surface area contributed by atoms with Crippen LogP contribution in [-0.4, -0.2) is 48.9 Å². The maximum atomic E-state index is 13.7. The number of halogens is 3. The van der Waals surface area contributed by atoms with Crippen LogP contribution >= 0.6 is 0 Å². The van der Waals surface area contributed by atoms with Crippen LogP contribution in [0.15, 0.2) is 42.5 Å². The van der Waals surface area contributed by atoms with Gasteiger partial charge in [0.2, 0.25) is 5.91 Å². The van der Waals surface area contributed by atoms with Gasteiger partial charge in [-0.1, -0.05) is 50.6 Å². The van der Waals surface area contributed by atoms with Crippen molar-refractivity contribution < 1.29 is 18.0 Å². The normalized spacial score (nSPS) is 16.4. The van der Waals surface area contributed by atoms with Gasteiger partial charge in [0.25, 0.3) is 0 Å². The van der Waals surface area contributed by atoms with Gasteiger partial charge in [-0.3, -0.25) is 9.69 Å². The molecule has 0 aromatic heterocycles. The number of nitrogens with zero attached hydrogens (tertiary/aromatic N) is 2. The average Bonchev–Trinajstić information content (AvgIpc) is 2.80. The van der Waals surface area contributed by atoms with E-state index < -0.39 is 11.7 Å². The minimum Gasteiger partial charge on any atom is -0.326 e. The van der Waals surface area contributed by atoms with Crippen molar-refractivity contribution >= 4 is 11.6 Å². The van der Waals surface area contributed by atoms with Gasteiger partial charge in [0.15, 0.2) is 0 Å². The lowest BCUT2D eigenvalue weighted by Crippen LogP contribution is -2.44. The van der Waals surface area contributed by atoms with E-state index in [-0.39, 0.29) is 30.1 Å². The number of anilines is 1. The second kappa shape index (κ2) is 11.8. The van der Waals surface area contributed by atoms with Gasteiger partial charge in [-0.2, -0.15) is 13.2 Å². The number of nitrogens with one attached hydrogen (secondary N) is 1. The summed E-state index contributed by atoms with van der Waals surface area (Å²) in [6.07, 6.45) is -1.44. The van der Waals surface area contributed by atoms with E-state index in [9.17, 15) is 18.0 Å². The summed E-state index contributed by atoms with van der Waals surface area (Å²) in [5, 5.41) is 2.65. The van der Waals surface area contributed by atoms with Gasteiger partial charge in [-0.15, -0.1) is 0 Å². The Bertz CT molecular complexity index is 935. The molecular formula is C27H36F3N3O. The van der Waals surface area contributed by atoms with Crippen LogP contribution in [0.2, 0.25) is 0 Å². The Morgan fingerprint density at radius 2 is 1.74 bits per heavy atom. The third-order valence-corrected chi connectivity index (χ3v) is 6.60. The molecule has 0 spiro atoms. The van der Waals surface area contributed by atoms with Crippen molar-refractivity contribution in [3.63, 3.8) is 0 Å². The molecule has 3 rings (SSSR count). The van der Waals surface area contributed by atoms with Crippen LogP contribution < -0.4 is 5.32 Å². The summed E-state index contributed by atoms with van der Waals surface area (Å²) in [4.78, 5) is 16.6. The highest BCUT2D eigenvalue weighted by Crippen LogP contribution is 2.34. The van der Waals surface area contributed by atoms with Gasteiger partial charge in [0, 0.05) is 44.8 Å². The van der Waals surface area contributed by atoms with Crippen LogP contribution in [0.5, 0.6) is 0 Å². The van der Waals surface area contributed by atoms with Crippen molar-refractivity contribution in [1.29, 1.82) is 0 Å². The molecule has 1 atom stereocenters. The largest absolute Gasteiger partial charge is 0.416 e. The van der Waals surface area contributed by atoms with Crippen LogP contribution in [-0.2, 0) is 23.9 Å². The molecule has 1 fully saturated rings. The standard InChI is InChI=1S/C27H36F3N3O/c1-4-5-20(2)22-9-6-21(7-10-22)8-13-26(34)31-24-12-11-23(25(18-24)27(28,29)30)19-33-16-14-32(3)15-17-33/h6-7,9-12,18,20H,4-5,8,13-17,19H2,1-3H3,(H,31,34). The molecular weight excluding hydrogens is 439 g/mol. The smallest absolute Gasteiger partial charge is 0.326 e. The number of hydrogen-bond donors (Lipinski definition) is 1. The number of aryl methyl sites for hydroxylation is 1. The quantitative estimate of drug-likeness (QED) is 0.488. The molecule has 2 aromatic carbocycles. The molecule has 1 saturated heterocycles. The number of likely N-dealkylation sites (N-methyl/N-ethyl adjacent to an activating group) is 1. The van der Waals surface area contributed by atoms with Crippen molar-refractivity contribution in [2.24, 2.45) is 0 Å². The Balaban J connectivity index is 1.59. The summed E-state index contributed by atoms with van der Waals surface area (Å²) < 4.78 is 41.2. The van der Waals surface area contributed by atoms with Crippen LogP contribution in [0.4, 0.5) is 18.9 Å². The summed E-state index contributed by atoms with van der Waals surface area (Å²) in [7, 11) is 2.01. The summed E-state index contributed by atoms with van der Waals surface area (Å²) >= 11 is 0. The Kier molecular flexibility index (Phi) is 9.14. The fourth-order valence-electron chi connectivity index (χ4n) is 4.40. The SMILES string of the molecule is CCCC(C)c1ccc(CCC(=O)Nc2ccc(CN3CCN(C)CC3)c(C(F)(F)F)c2)cc1. The predicted molar refractivity (Wildman–Crippen MR) is 131 cm³/mol. The summed E-state index contributed by atoms with van der Waals surface area (Å²) in [6, 6.07) is 12.4. The highest BCUT2D eigenvalue weighted by molar-refractivity contribution is 5.91. The minimum absolute atomic E-state index is 0.184. The van der Waals surface area contributed by atoms with Crippen LogP contribution in [0, 0.1) is 0 Å². The predicted octanol–water partition coefficient (Wildman–Crippen LogP) is 5.93. The Morgan fingerprint density at radius 1 is 1.06 bits per heavy atom. The number of piperazine rings is 1. The second-order valence-corrected chi connectivity index (χ2v) is 9.43. The molecule has 1 heterocycles. The zero-order chi connectivity index (χ0) is 24.7. The fraction of sp³-hybridized carbons (Fsp3) is 0.519. The average molecular weight is 476 g/mol. The highest BCUT2D eigenvalue weighted by atomic mass is 19.4. The maximum Gasteiger partial charge on any atom is 0.416 e. The molecule has 0 aliphatic carbocycles. The van der Waals surface area contributed by atoms with E-state index in [1.165, 1.54) is 11.6 Å². The van der Waals surface area contributed by atoms with Gasteiger partial charge >= 0.3 is 6.18 Å². The number of carbonyl (C=O) groups excluding carboxylic acids is 1. The van der Waals surface area contributed by atoms with Crippen molar-refractivity contribution in [2.45, 2.75) is 58.2 Å². The molecule has 0 radical (unpaired) electrons. The summed E-state index contributed by atoms with van der Waals surface area (Å²) in [6.45, 7) is 7.80. The van der Waals surface area contributed by atoms with Gasteiger partial charge in [-0.05, 0) is 54.6 Å². The number of hydrogen-bond acceptors (Lipinski definition) is 3. The summed E-state index contributed by atoms with van der Waals surface area (Å²) in [5.74, 6) is 0.216. The lowest BCUT2D eigenvalue weighted by molar-refractivity contribution is -0.138. The Labute approximate surface area is 201 Å². The lowest BCUT2D eigenvalue weighted by Gasteiger charge is -2.33. The molecule has 2 aromatic rings. The van der Waals surface area contributed by atoms with Gasteiger partial charge in [-0.25, -0.2) is 0 Å². The molecule has 186 valence electrons. The van der Waals surface area contributed by atoms with Crippen LogP contribution in [0.25, 0.3) is 0 Å². The van der Waals surface area contributed by atoms with Crippen LogP contribution in [0.1, 0.15) is 61.3 Å². The van der Waals surface area contributed by atoms with Gasteiger partial charge in [0.1, 0.15) is 0 Å². The topological polar surface area (TPSA) is 35.6 Å². The first-order valence-electron chi connectivity index (χ1n) is 12.2. The Hall–Kier alpha value is -2.38. The van der Waals surface area contributed by atoms with E-state index in [1.807, 2.05) is 24.1 Å². The lowest BCUT2D eigenvalue weighted by atomic mass is 9.95. The third-order valence-electron chi connectivity index (χ3n) is 6.60. The number of rotatable bonds is 9. The summed E-state index contributed by atoms with van der Waals surface area (Å²) in [5.41, 5.74) is 2.07. The molecule has 1 aliphatic rings. The molecule has 1 N–H and O–H groups in total. The van der Waals surface area contributed by atoms with E-state index in [0.717, 1.165) is 50.7 Å². The second-order valence-electron chi connectivity index (χ2n) is 9.43. The highest BCUT2D eigenvalue weighted by Gasteiger charge is 2.34. The maximum absolute atomic E-state index is 13.7. The third kappa shape index (κ3) is 7.57. The molecule has 1 amide bonds. The van der Waals surface area contributed by atoms with Gasteiger partial charge in [0.05, 0.1) is 5.56 Å². The molecule has 7 heteroatoms.